The van der Waals surface area contributed by atoms with Crippen molar-refractivity contribution in [3.05, 3.63) is 200 Å². The van der Waals surface area contributed by atoms with E-state index in [0.717, 1.165) is 88.9 Å². The van der Waals surface area contributed by atoms with Gasteiger partial charge in [0.05, 0.1) is 39.0 Å². The molecule has 0 radical (unpaired) electrons. The van der Waals surface area contributed by atoms with Gasteiger partial charge in [0.25, 0.3) is 0 Å². The van der Waals surface area contributed by atoms with Crippen LogP contribution in [0.5, 0.6) is 11.5 Å². The van der Waals surface area contributed by atoms with Crippen molar-refractivity contribution < 1.29 is 9.15 Å². The van der Waals surface area contributed by atoms with E-state index in [-0.39, 0.29) is 5.41 Å². The Morgan fingerprint density at radius 2 is 1.20 bits per heavy atom. The number of rotatable bonds is 7. The monoisotopic (exact) mass is 827 g/mol. The summed E-state index contributed by atoms with van der Waals surface area (Å²) in [4.78, 5) is 15.4. The first-order valence-corrected chi connectivity index (χ1v) is 21.6. The molecular weight excluding hydrogens is 787 g/mol. The molecule has 0 aliphatic heterocycles. The Balaban J connectivity index is 1.08. The molecule has 0 N–H and O–H groups in total. The fourth-order valence-electron chi connectivity index (χ4n) is 9.11. The van der Waals surface area contributed by atoms with Crippen LogP contribution in [0.3, 0.4) is 0 Å². The second kappa shape index (κ2) is 14.7. The molecule has 64 heavy (non-hydrogen) atoms. The smallest absolute Gasteiger partial charge is 0.227 e. The summed E-state index contributed by atoms with van der Waals surface area (Å²) >= 11 is 0. The topological polar surface area (TPSA) is 70.9 Å². The minimum atomic E-state index is -0.0405. The molecule has 12 aromatic rings. The quantitative estimate of drug-likeness (QED) is 0.160. The third-order valence-electron chi connectivity index (χ3n) is 12.2. The zero-order valence-corrected chi connectivity index (χ0v) is 35.5. The summed E-state index contributed by atoms with van der Waals surface area (Å²) in [5.41, 5.74) is 12.1. The van der Waals surface area contributed by atoms with Crippen molar-refractivity contribution in [3.8, 4) is 56.8 Å². The van der Waals surface area contributed by atoms with Gasteiger partial charge in [0.2, 0.25) is 5.71 Å². The highest BCUT2D eigenvalue weighted by molar-refractivity contribution is 6.11. The molecule has 0 aliphatic carbocycles. The number of fused-ring (bicyclic) bond motifs is 7. The van der Waals surface area contributed by atoms with Gasteiger partial charge in [-0.3, -0.25) is 9.13 Å². The van der Waals surface area contributed by atoms with E-state index in [4.69, 9.17) is 24.1 Å². The first-order chi connectivity index (χ1) is 31.4. The fourth-order valence-corrected chi connectivity index (χ4v) is 9.11. The number of hydrogen-bond donors (Lipinski definition) is 0. The molecule has 0 spiro atoms. The van der Waals surface area contributed by atoms with E-state index in [0.29, 0.717) is 22.8 Å². The normalized spacial score (nSPS) is 12.0. The largest absolute Gasteiger partial charge is 0.457 e. The van der Waals surface area contributed by atoms with E-state index in [1.807, 2.05) is 36.5 Å². The number of imidazole rings is 1. The van der Waals surface area contributed by atoms with Crippen LogP contribution in [-0.4, -0.2) is 24.1 Å². The van der Waals surface area contributed by atoms with Crippen LogP contribution in [-0.2, 0) is 5.41 Å². The predicted molar refractivity (Wildman–Crippen MR) is 260 cm³/mol. The molecule has 5 heterocycles. The van der Waals surface area contributed by atoms with Crippen LogP contribution < -0.4 is 4.74 Å². The molecule has 0 aliphatic rings. The van der Waals surface area contributed by atoms with Gasteiger partial charge in [0.15, 0.2) is 0 Å². The lowest BCUT2D eigenvalue weighted by molar-refractivity contribution is 0.484. The number of pyridine rings is 2. The van der Waals surface area contributed by atoms with E-state index in [2.05, 4.69) is 188 Å². The molecule has 0 atom stereocenters. The van der Waals surface area contributed by atoms with Crippen LogP contribution in [0.2, 0.25) is 0 Å². The van der Waals surface area contributed by atoms with Crippen LogP contribution in [0.4, 0.5) is 0 Å². The predicted octanol–water partition coefficient (Wildman–Crippen LogP) is 14.9. The van der Waals surface area contributed by atoms with Crippen molar-refractivity contribution in [1.29, 1.82) is 0 Å². The zero-order valence-electron chi connectivity index (χ0n) is 35.5. The van der Waals surface area contributed by atoms with Crippen molar-refractivity contribution in [2.75, 3.05) is 0 Å². The summed E-state index contributed by atoms with van der Waals surface area (Å²) in [6.07, 6.45) is 1.91. The van der Waals surface area contributed by atoms with E-state index in [1.54, 1.807) is 0 Å². The van der Waals surface area contributed by atoms with Crippen molar-refractivity contribution in [2.24, 2.45) is 0 Å². The number of para-hydroxylation sites is 4. The summed E-state index contributed by atoms with van der Waals surface area (Å²) in [5, 5.41) is 4.03. The van der Waals surface area contributed by atoms with Crippen LogP contribution in [0.25, 0.3) is 100 Å². The SMILES string of the molecule is CC(C)(C)c1ccnc(-n2c3ccccc3c3ccc(Oc4cc(-c5nc6ccccc6n5-c5ccccc5-c5ccccc5)c5oc6nc(-c7ccccc7)ccc6c5c4)cc32)c1. The van der Waals surface area contributed by atoms with Gasteiger partial charge in [-0.1, -0.05) is 130 Å². The standard InChI is InChI=1S/C57H41N5O2/c1-57(2,3)38-30-31-58-53(32-38)61-50-24-14-11-21-42(50)43-27-26-39(35-52(43)61)63-40-33-45-44-28-29-47(37-18-8-5-9-19-37)60-56(44)64-54(45)46(34-40)55-59-48-22-12-15-25-51(48)62(55)49-23-13-10-20-41(49)36-16-6-4-7-17-36/h4-35H,1-3H3. The Kier molecular flexibility index (Phi) is 8.59. The van der Waals surface area contributed by atoms with Gasteiger partial charge in [-0.05, 0) is 89.3 Å². The van der Waals surface area contributed by atoms with E-state index in [1.165, 1.54) is 5.56 Å². The van der Waals surface area contributed by atoms with Crippen LogP contribution in [0, 0.1) is 0 Å². The van der Waals surface area contributed by atoms with Crippen LogP contribution in [0.1, 0.15) is 26.3 Å². The maximum Gasteiger partial charge on any atom is 0.227 e. The van der Waals surface area contributed by atoms with E-state index in [9.17, 15) is 0 Å². The van der Waals surface area contributed by atoms with Gasteiger partial charge in [0, 0.05) is 44.9 Å². The third-order valence-corrected chi connectivity index (χ3v) is 12.2. The van der Waals surface area contributed by atoms with Gasteiger partial charge in [-0.2, -0.15) is 0 Å². The number of aromatic nitrogens is 5. The van der Waals surface area contributed by atoms with Crippen LogP contribution >= 0.6 is 0 Å². The van der Waals surface area contributed by atoms with Crippen LogP contribution in [0.15, 0.2) is 199 Å². The molecule has 0 amide bonds. The van der Waals surface area contributed by atoms with Gasteiger partial charge in [-0.25, -0.2) is 15.0 Å². The second-order valence-electron chi connectivity index (χ2n) is 17.3. The summed E-state index contributed by atoms with van der Waals surface area (Å²) in [7, 11) is 0. The Labute approximate surface area is 369 Å². The highest BCUT2D eigenvalue weighted by Gasteiger charge is 2.24. The lowest BCUT2D eigenvalue weighted by Gasteiger charge is -2.20. The molecule has 0 saturated carbocycles. The number of ether oxygens (including phenoxy) is 1. The lowest BCUT2D eigenvalue weighted by Crippen LogP contribution is -2.12. The summed E-state index contributed by atoms with van der Waals surface area (Å²) in [5.74, 6) is 2.92. The minimum absolute atomic E-state index is 0.0405. The number of hydrogen-bond acceptors (Lipinski definition) is 5. The molecule has 0 fully saturated rings. The molecule has 7 nitrogen and oxygen atoms in total. The molecule has 0 unspecified atom stereocenters. The molecule has 5 aromatic heterocycles. The molecule has 0 bridgehead atoms. The highest BCUT2D eigenvalue weighted by atomic mass is 16.5. The molecule has 7 aromatic carbocycles. The summed E-state index contributed by atoms with van der Waals surface area (Å²) in [6.45, 7) is 6.69. The first kappa shape index (κ1) is 37.5. The number of furan rings is 1. The van der Waals surface area contributed by atoms with Crippen molar-refractivity contribution in [3.63, 3.8) is 0 Å². The minimum Gasteiger partial charge on any atom is -0.457 e. The Morgan fingerprint density at radius 1 is 0.500 bits per heavy atom. The summed E-state index contributed by atoms with van der Waals surface area (Å²) < 4.78 is 18.4. The van der Waals surface area contributed by atoms with Gasteiger partial charge in [-0.15, -0.1) is 0 Å². The average Bonchev–Trinajstić information content (AvgIpc) is 4.01. The Hall–Kier alpha value is -8.29. The first-order valence-electron chi connectivity index (χ1n) is 21.6. The average molecular weight is 828 g/mol. The van der Waals surface area contributed by atoms with Gasteiger partial charge in [0.1, 0.15) is 28.7 Å². The van der Waals surface area contributed by atoms with Crippen molar-refractivity contribution in [1.82, 2.24) is 24.1 Å². The number of nitrogens with zero attached hydrogens (tertiary/aromatic N) is 5. The lowest BCUT2D eigenvalue weighted by atomic mass is 9.88. The zero-order chi connectivity index (χ0) is 42.9. The Bertz CT molecular complexity index is 3740. The van der Waals surface area contributed by atoms with Gasteiger partial charge >= 0.3 is 0 Å². The third kappa shape index (κ3) is 6.23. The maximum atomic E-state index is 7.01. The van der Waals surface area contributed by atoms with Crippen molar-refractivity contribution in [2.45, 2.75) is 26.2 Å². The second-order valence-corrected chi connectivity index (χ2v) is 17.3. The molecule has 0 saturated heterocycles. The maximum absolute atomic E-state index is 7.01. The molecular formula is C57H41N5O2. The molecule has 306 valence electrons. The van der Waals surface area contributed by atoms with Gasteiger partial charge < -0.3 is 9.15 Å². The molecule has 7 heteroatoms. The van der Waals surface area contributed by atoms with Crippen molar-refractivity contribution >= 4 is 54.9 Å². The fraction of sp³-hybridized carbons (Fsp3) is 0.0702. The number of benzene rings is 7. The Morgan fingerprint density at radius 3 is 2.03 bits per heavy atom. The molecule has 12 rings (SSSR count). The highest BCUT2D eigenvalue weighted by Crippen LogP contribution is 2.44. The summed E-state index contributed by atoms with van der Waals surface area (Å²) in [6, 6.07) is 64.8. The van der Waals surface area contributed by atoms with E-state index >= 15 is 0 Å². The van der Waals surface area contributed by atoms with E-state index < -0.39 is 0 Å².